The van der Waals surface area contributed by atoms with Gasteiger partial charge in [0.1, 0.15) is 0 Å². The van der Waals surface area contributed by atoms with Crippen LogP contribution >= 0.6 is 11.6 Å². The predicted molar refractivity (Wildman–Crippen MR) is 74.7 cm³/mol. The molecule has 0 bridgehead atoms. The molecule has 0 amide bonds. The molecule has 0 spiro atoms. The molecule has 4 nitrogen and oxygen atoms in total. The number of hydrogen-bond acceptors (Lipinski definition) is 2. The summed E-state index contributed by atoms with van der Waals surface area (Å²) in [5.41, 5.74) is 1.34. The van der Waals surface area contributed by atoms with Crippen LogP contribution in [0.2, 0.25) is 5.02 Å². The molecule has 0 saturated carbocycles. The van der Waals surface area contributed by atoms with E-state index in [9.17, 15) is 9.59 Å². The van der Waals surface area contributed by atoms with E-state index in [2.05, 4.69) is 4.98 Å². The van der Waals surface area contributed by atoms with Gasteiger partial charge in [0, 0.05) is 22.8 Å². The zero-order valence-corrected chi connectivity index (χ0v) is 11.0. The molecule has 3 rings (SSSR count). The first-order chi connectivity index (χ1) is 9.18. The number of hydrogen-bond donors (Lipinski definition) is 1. The highest BCUT2D eigenvalue weighted by atomic mass is 35.5. The van der Waals surface area contributed by atoms with Crippen molar-refractivity contribution in [3.63, 3.8) is 0 Å². The first-order valence-corrected chi connectivity index (χ1v) is 6.67. The van der Waals surface area contributed by atoms with Gasteiger partial charge in [-0.2, -0.15) is 0 Å². The van der Waals surface area contributed by atoms with Gasteiger partial charge in [0.15, 0.2) is 0 Å². The van der Waals surface area contributed by atoms with Crippen molar-refractivity contribution < 1.29 is 0 Å². The molecule has 0 unspecified atom stereocenters. The van der Waals surface area contributed by atoms with E-state index < -0.39 is 0 Å². The minimum Gasteiger partial charge on any atom is -0.297 e. The van der Waals surface area contributed by atoms with Gasteiger partial charge >= 0.3 is 5.69 Å². The molecular formula is C14H13ClN2O2. The number of nitrogens with zero attached hydrogens (tertiary/aromatic N) is 1. The van der Waals surface area contributed by atoms with Gasteiger partial charge in [-0.15, -0.1) is 0 Å². The van der Waals surface area contributed by atoms with Gasteiger partial charge < -0.3 is 0 Å². The Kier molecular flexibility index (Phi) is 3.03. The Hall–Kier alpha value is -1.81. The third-order valence-electron chi connectivity index (χ3n) is 3.50. The molecule has 98 valence electrons. The summed E-state index contributed by atoms with van der Waals surface area (Å²) in [4.78, 5) is 26.4. The first-order valence-electron chi connectivity index (χ1n) is 6.29. The molecule has 0 aliphatic carbocycles. The van der Waals surface area contributed by atoms with E-state index >= 15 is 0 Å². The van der Waals surface area contributed by atoms with E-state index in [1.165, 1.54) is 0 Å². The molecule has 0 atom stereocenters. The molecule has 19 heavy (non-hydrogen) atoms. The van der Waals surface area contributed by atoms with Crippen molar-refractivity contribution >= 4 is 11.6 Å². The maximum absolute atomic E-state index is 12.1. The lowest BCUT2D eigenvalue weighted by atomic mass is 9.99. The Morgan fingerprint density at radius 3 is 2.74 bits per heavy atom. The van der Waals surface area contributed by atoms with E-state index in [0.717, 1.165) is 25.0 Å². The zero-order valence-electron chi connectivity index (χ0n) is 10.3. The highest BCUT2D eigenvalue weighted by Gasteiger charge is 2.20. The van der Waals surface area contributed by atoms with Crippen molar-refractivity contribution in [3.05, 3.63) is 55.8 Å². The van der Waals surface area contributed by atoms with Crippen molar-refractivity contribution in [3.8, 4) is 11.1 Å². The van der Waals surface area contributed by atoms with Crippen LogP contribution in [0.25, 0.3) is 11.1 Å². The van der Waals surface area contributed by atoms with Crippen LogP contribution in [0.1, 0.15) is 18.5 Å². The van der Waals surface area contributed by atoms with Crippen LogP contribution in [0.4, 0.5) is 0 Å². The van der Waals surface area contributed by atoms with Gasteiger partial charge in [0.25, 0.3) is 5.56 Å². The van der Waals surface area contributed by atoms with E-state index in [-0.39, 0.29) is 11.2 Å². The fourth-order valence-electron chi connectivity index (χ4n) is 2.62. The smallest absolute Gasteiger partial charge is 0.297 e. The van der Waals surface area contributed by atoms with Crippen LogP contribution in [0.3, 0.4) is 0 Å². The van der Waals surface area contributed by atoms with Crippen LogP contribution in [0.5, 0.6) is 0 Å². The Labute approximate surface area is 114 Å². The Bertz CT molecular complexity index is 746. The van der Waals surface area contributed by atoms with E-state index in [1.54, 1.807) is 10.6 Å². The van der Waals surface area contributed by atoms with Crippen molar-refractivity contribution in [2.24, 2.45) is 0 Å². The number of fused-ring (bicyclic) bond motifs is 1. The molecule has 0 saturated heterocycles. The largest absolute Gasteiger partial charge is 0.328 e. The average molecular weight is 277 g/mol. The molecule has 2 aromatic rings. The molecule has 0 fully saturated rings. The molecule has 1 aliphatic rings. The number of aromatic nitrogens is 2. The van der Waals surface area contributed by atoms with Crippen LogP contribution < -0.4 is 11.2 Å². The lowest BCUT2D eigenvalue weighted by Gasteiger charge is -2.20. The maximum Gasteiger partial charge on any atom is 0.328 e. The maximum atomic E-state index is 12.1. The third-order valence-corrected chi connectivity index (χ3v) is 3.83. The van der Waals surface area contributed by atoms with Crippen molar-refractivity contribution in [1.82, 2.24) is 9.55 Å². The fourth-order valence-corrected chi connectivity index (χ4v) is 2.85. The molecule has 1 N–H and O–H groups in total. The molecule has 1 aromatic heterocycles. The summed E-state index contributed by atoms with van der Waals surface area (Å²) in [7, 11) is 0. The van der Waals surface area contributed by atoms with Crippen LogP contribution in [0, 0.1) is 0 Å². The minimum atomic E-state index is -0.355. The highest BCUT2D eigenvalue weighted by molar-refractivity contribution is 6.33. The Morgan fingerprint density at radius 1 is 1.16 bits per heavy atom. The summed E-state index contributed by atoms with van der Waals surface area (Å²) in [6.07, 6.45) is 2.68. The normalized spacial score (nSPS) is 14.2. The summed E-state index contributed by atoms with van der Waals surface area (Å²) in [5.74, 6) is 0. The number of nitrogens with one attached hydrogen (secondary N) is 1. The third kappa shape index (κ3) is 2.02. The summed E-state index contributed by atoms with van der Waals surface area (Å²) in [6, 6.07) is 7.22. The number of benzene rings is 1. The topological polar surface area (TPSA) is 54.9 Å². The van der Waals surface area contributed by atoms with Crippen molar-refractivity contribution in [2.75, 3.05) is 0 Å². The number of aromatic amines is 1. The van der Waals surface area contributed by atoms with Crippen molar-refractivity contribution in [2.45, 2.75) is 25.8 Å². The first kappa shape index (κ1) is 12.2. The molecule has 1 aromatic carbocycles. The molecular weight excluding hydrogens is 264 g/mol. The van der Waals surface area contributed by atoms with Crippen LogP contribution in [-0.4, -0.2) is 9.55 Å². The van der Waals surface area contributed by atoms with Gasteiger partial charge in [-0.25, -0.2) is 4.79 Å². The van der Waals surface area contributed by atoms with E-state index in [4.69, 9.17) is 11.6 Å². The Balaban J connectivity index is 2.36. The van der Waals surface area contributed by atoms with Gasteiger partial charge in [-0.1, -0.05) is 29.8 Å². The lowest BCUT2D eigenvalue weighted by molar-refractivity contribution is 0.503. The number of rotatable bonds is 1. The van der Waals surface area contributed by atoms with E-state index in [1.807, 2.05) is 18.2 Å². The monoisotopic (exact) mass is 276 g/mol. The van der Waals surface area contributed by atoms with Gasteiger partial charge in [-0.05, 0) is 25.3 Å². The summed E-state index contributed by atoms with van der Waals surface area (Å²) < 4.78 is 1.66. The molecule has 1 aliphatic heterocycles. The quantitative estimate of drug-likeness (QED) is 0.868. The number of halogens is 1. The summed E-state index contributed by atoms with van der Waals surface area (Å²) >= 11 is 6.17. The van der Waals surface area contributed by atoms with Crippen LogP contribution in [0.15, 0.2) is 33.9 Å². The van der Waals surface area contributed by atoms with Gasteiger partial charge in [0.05, 0.1) is 5.56 Å². The summed E-state index contributed by atoms with van der Waals surface area (Å²) in [5, 5.41) is 0.528. The minimum absolute atomic E-state index is 0.324. The summed E-state index contributed by atoms with van der Waals surface area (Å²) in [6.45, 7) is 0.655. The lowest BCUT2D eigenvalue weighted by Crippen LogP contribution is -2.36. The van der Waals surface area contributed by atoms with E-state index in [0.29, 0.717) is 22.7 Å². The molecule has 2 heterocycles. The molecule has 5 heteroatoms. The second kappa shape index (κ2) is 4.70. The number of H-pyrrole nitrogens is 1. The standard InChI is InChI=1S/C14H13ClN2O2/c15-10-6-2-1-5-9(10)12-11-7-3-4-8-17(11)14(19)16-13(12)18/h1-2,5-6H,3-4,7-8H2,(H,16,18,19). The van der Waals surface area contributed by atoms with Crippen LogP contribution in [-0.2, 0) is 13.0 Å². The highest BCUT2D eigenvalue weighted by Crippen LogP contribution is 2.29. The second-order valence-electron chi connectivity index (χ2n) is 4.67. The fraction of sp³-hybridized carbons (Fsp3) is 0.286. The SMILES string of the molecule is O=c1[nH]c(=O)n2c(c1-c1ccccc1Cl)CCCC2. The second-order valence-corrected chi connectivity index (χ2v) is 5.08. The van der Waals surface area contributed by atoms with Gasteiger partial charge in [0.2, 0.25) is 0 Å². The van der Waals surface area contributed by atoms with Gasteiger partial charge in [-0.3, -0.25) is 14.3 Å². The average Bonchev–Trinajstić information content (AvgIpc) is 2.41. The molecule has 0 radical (unpaired) electrons. The predicted octanol–water partition coefficient (Wildman–Crippen LogP) is 2.19. The Morgan fingerprint density at radius 2 is 1.95 bits per heavy atom. The zero-order chi connectivity index (χ0) is 13.4. The van der Waals surface area contributed by atoms with Crippen molar-refractivity contribution in [1.29, 1.82) is 0 Å².